The molecule has 17 heavy (non-hydrogen) atoms. The number of epoxide rings is 1. The highest BCUT2D eigenvalue weighted by molar-refractivity contribution is 6.32. The Morgan fingerprint density at radius 2 is 2.41 bits per heavy atom. The van der Waals surface area contributed by atoms with Gasteiger partial charge in [-0.1, -0.05) is 11.6 Å². The van der Waals surface area contributed by atoms with Crippen LogP contribution in [0, 0.1) is 0 Å². The fourth-order valence-electron chi connectivity index (χ4n) is 1.32. The molecule has 0 spiro atoms. The quantitative estimate of drug-likeness (QED) is 0.795. The molecule has 2 rings (SSSR count). The number of nitrogens with one attached hydrogen (secondary N) is 1. The predicted octanol–water partition coefficient (Wildman–Crippen LogP) is 1.18. The second kappa shape index (κ2) is 4.81. The molecule has 1 fully saturated rings. The van der Waals surface area contributed by atoms with Crippen LogP contribution in [0.1, 0.15) is 10.4 Å². The number of amides is 1. The molecule has 5 nitrogen and oxygen atoms in total. The number of aromatic hydroxyl groups is 1. The van der Waals surface area contributed by atoms with Crippen LogP contribution in [-0.4, -0.2) is 37.4 Å². The summed E-state index contributed by atoms with van der Waals surface area (Å²) in [7, 11) is 1.51. The SMILES string of the molecule is CNC(=O)c1cc(Cl)c(O)cc1OC[C@@H]1CO1. The molecule has 1 amide bonds. The number of phenols is 1. The molecule has 0 radical (unpaired) electrons. The Hall–Kier alpha value is -1.46. The lowest BCUT2D eigenvalue weighted by Gasteiger charge is -2.11. The zero-order chi connectivity index (χ0) is 12.4. The summed E-state index contributed by atoms with van der Waals surface area (Å²) in [6.45, 7) is 1.01. The van der Waals surface area contributed by atoms with Gasteiger partial charge >= 0.3 is 0 Å². The minimum atomic E-state index is -0.321. The highest BCUT2D eigenvalue weighted by atomic mass is 35.5. The van der Waals surface area contributed by atoms with Crippen LogP contribution in [0.5, 0.6) is 11.5 Å². The van der Waals surface area contributed by atoms with Gasteiger partial charge in [-0.25, -0.2) is 0 Å². The van der Waals surface area contributed by atoms with Gasteiger partial charge in [-0.2, -0.15) is 0 Å². The van der Waals surface area contributed by atoms with E-state index >= 15 is 0 Å². The number of hydrogen-bond donors (Lipinski definition) is 2. The molecule has 1 saturated heterocycles. The summed E-state index contributed by atoms with van der Waals surface area (Å²) in [5.74, 6) is -0.147. The van der Waals surface area contributed by atoms with Crippen LogP contribution in [0.15, 0.2) is 12.1 Å². The molecule has 2 N–H and O–H groups in total. The van der Waals surface area contributed by atoms with Crippen LogP contribution in [0.3, 0.4) is 0 Å². The van der Waals surface area contributed by atoms with Crippen molar-refractivity contribution < 1.29 is 19.4 Å². The van der Waals surface area contributed by atoms with Crippen molar-refractivity contribution in [1.29, 1.82) is 0 Å². The van der Waals surface area contributed by atoms with Crippen LogP contribution < -0.4 is 10.1 Å². The van der Waals surface area contributed by atoms with Crippen molar-refractivity contribution in [3.05, 3.63) is 22.7 Å². The second-order valence-corrected chi connectivity index (χ2v) is 4.05. The van der Waals surface area contributed by atoms with Gasteiger partial charge in [-0.3, -0.25) is 4.79 Å². The Kier molecular flexibility index (Phi) is 3.40. The molecule has 1 aliphatic rings. The third-order valence-electron chi connectivity index (χ3n) is 2.35. The molecule has 1 aromatic rings. The summed E-state index contributed by atoms with van der Waals surface area (Å²) in [5.41, 5.74) is 0.288. The lowest BCUT2D eigenvalue weighted by Crippen LogP contribution is -2.19. The van der Waals surface area contributed by atoms with Gasteiger partial charge in [-0.15, -0.1) is 0 Å². The van der Waals surface area contributed by atoms with Gasteiger partial charge < -0.3 is 19.9 Å². The first kappa shape index (κ1) is 12.0. The number of carbonyl (C=O) groups is 1. The van der Waals surface area contributed by atoms with Gasteiger partial charge in [0.1, 0.15) is 24.2 Å². The van der Waals surface area contributed by atoms with E-state index in [9.17, 15) is 9.90 Å². The normalized spacial score (nSPS) is 17.6. The summed E-state index contributed by atoms with van der Waals surface area (Å²) >= 11 is 5.75. The Balaban J connectivity index is 2.25. The number of carbonyl (C=O) groups excluding carboxylic acids is 1. The van der Waals surface area contributed by atoms with Crippen LogP contribution in [-0.2, 0) is 4.74 Å². The number of rotatable bonds is 4. The number of ether oxygens (including phenoxy) is 2. The molecule has 0 unspecified atom stereocenters. The summed E-state index contributed by atoms with van der Waals surface area (Å²) in [6.07, 6.45) is 0.0744. The van der Waals surface area contributed by atoms with Gasteiger partial charge in [0.2, 0.25) is 0 Å². The zero-order valence-corrected chi connectivity index (χ0v) is 9.95. The Morgan fingerprint density at radius 3 is 3.00 bits per heavy atom. The summed E-state index contributed by atoms with van der Waals surface area (Å²) in [6, 6.07) is 2.70. The fourth-order valence-corrected chi connectivity index (χ4v) is 1.48. The van der Waals surface area contributed by atoms with E-state index in [0.717, 1.165) is 0 Å². The topological polar surface area (TPSA) is 71.1 Å². The number of benzene rings is 1. The van der Waals surface area contributed by atoms with E-state index < -0.39 is 0 Å². The highest BCUT2D eigenvalue weighted by Crippen LogP contribution is 2.32. The number of halogens is 1. The Bertz CT molecular complexity index is 445. The molecule has 1 aliphatic heterocycles. The van der Waals surface area contributed by atoms with Gasteiger partial charge in [0.25, 0.3) is 5.91 Å². The standard InChI is InChI=1S/C11H12ClNO4/c1-13-11(15)7-2-8(12)9(14)3-10(7)17-5-6-4-16-6/h2-3,6,14H,4-5H2,1H3,(H,13,15)/t6-/m0/s1. The first-order chi connectivity index (χ1) is 8.11. The minimum Gasteiger partial charge on any atom is -0.506 e. The maximum Gasteiger partial charge on any atom is 0.254 e. The van der Waals surface area contributed by atoms with E-state index in [2.05, 4.69) is 5.32 Å². The first-order valence-electron chi connectivity index (χ1n) is 5.11. The van der Waals surface area contributed by atoms with Crippen molar-refractivity contribution in [2.45, 2.75) is 6.10 Å². The Labute approximate surface area is 103 Å². The lowest BCUT2D eigenvalue weighted by atomic mass is 10.1. The molecular formula is C11H12ClNO4. The minimum absolute atomic E-state index is 0.0744. The molecule has 1 heterocycles. The molecule has 1 aromatic carbocycles. The van der Waals surface area contributed by atoms with Gasteiger partial charge in [0.15, 0.2) is 0 Å². The van der Waals surface area contributed by atoms with E-state index in [-0.39, 0.29) is 28.3 Å². The van der Waals surface area contributed by atoms with Crippen molar-refractivity contribution in [1.82, 2.24) is 5.32 Å². The van der Waals surface area contributed by atoms with Crippen LogP contribution in [0.2, 0.25) is 5.02 Å². The molecule has 92 valence electrons. The number of phenolic OH excluding ortho intramolecular Hbond substituents is 1. The molecular weight excluding hydrogens is 246 g/mol. The van der Waals surface area contributed by atoms with E-state index in [1.807, 2.05) is 0 Å². The third kappa shape index (κ3) is 2.81. The summed E-state index contributed by atoms with van der Waals surface area (Å²) in [5, 5.41) is 12.1. The third-order valence-corrected chi connectivity index (χ3v) is 2.65. The average Bonchev–Trinajstić information content (AvgIpc) is 3.13. The van der Waals surface area contributed by atoms with Crippen molar-refractivity contribution in [2.75, 3.05) is 20.3 Å². The van der Waals surface area contributed by atoms with Gasteiger partial charge in [-0.05, 0) is 6.07 Å². The van der Waals surface area contributed by atoms with Crippen LogP contribution in [0.25, 0.3) is 0 Å². The zero-order valence-electron chi connectivity index (χ0n) is 9.20. The molecule has 6 heteroatoms. The lowest BCUT2D eigenvalue weighted by molar-refractivity contribution is 0.0958. The molecule has 0 bridgehead atoms. The van der Waals surface area contributed by atoms with E-state index in [1.165, 1.54) is 19.2 Å². The van der Waals surface area contributed by atoms with Crippen molar-refractivity contribution in [2.24, 2.45) is 0 Å². The predicted molar refractivity (Wildman–Crippen MR) is 61.7 cm³/mol. The fraction of sp³-hybridized carbons (Fsp3) is 0.364. The highest BCUT2D eigenvalue weighted by Gasteiger charge is 2.24. The first-order valence-corrected chi connectivity index (χ1v) is 5.48. The van der Waals surface area contributed by atoms with E-state index in [1.54, 1.807) is 0 Å². The summed E-state index contributed by atoms with van der Waals surface area (Å²) < 4.78 is 10.4. The summed E-state index contributed by atoms with van der Waals surface area (Å²) in [4.78, 5) is 11.6. The maximum atomic E-state index is 11.6. The molecule has 0 aliphatic carbocycles. The van der Waals surface area contributed by atoms with Crippen molar-refractivity contribution >= 4 is 17.5 Å². The largest absolute Gasteiger partial charge is 0.506 e. The molecule has 0 saturated carbocycles. The van der Waals surface area contributed by atoms with E-state index in [0.29, 0.717) is 19.0 Å². The van der Waals surface area contributed by atoms with Crippen molar-refractivity contribution in [3.8, 4) is 11.5 Å². The molecule has 0 aromatic heterocycles. The average molecular weight is 258 g/mol. The van der Waals surface area contributed by atoms with Crippen LogP contribution >= 0.6 is 11.6 Å². The second-order valence-electron chi connectivity index (χ2n) is 3.65. The van der Waals surface area contributed by atoms with Crippen molar-refractivity contribution in [3.63, 3.8) is 0 Å². The monoisotopic (exact) mass is 257 g/mol. The Morgan fingerprint density at radius 1 is 1.71 bits per heavy atom. The number of hydrogen-bond acceptors (Lipinski definition) is 4. The van der Waals surface area contributed by atoms with E-state index in [4.69, 9.17) is 21.1 Å². The smallest absolute Gasteiger partial charge is 0.254 e. The maximum absolute atomic E-state index is 11.6. The molecule has 1 atom stereocenters. The van der Waals surface area contributed by atoms with Gasteiger partial charge in [0.05, 0.1) is 17.2 Å². The van der Waals surface area contributed by atoms with Gasteiger partial charge in [0, 0.05) is 13.1 Å². The van der Waals surface area contributed by atoms with Crippen LogP contribution in [0.4, 0.5) is 0 Å².